The average molecular weight is 572 g/mol. The number of piperazine rings is 1. The zero-order valence-electron chi connectivity index (χ0n) is 24.7. The zero-order valence-corrected chi connectivity index (χ0v) is 24.7. The molecule has 0 aromatic heterocycles. The van der Waals surface area contributed by atoms with Crippen LogP contribution in [0.2, 0.25) is 0 Å². The fourth-order valence-electron chi connectivity index (χ4n) is 6.13. The fraction of sp³-hybridized carbons (Fsp3) is 0.424. The summed E-state index contributed by atoms with van der Waals surface area (Å²) in [5, 5.41) is 16.4. The predicted octanol–water partition coefficient (Wildman–Crippen LogP) is 3.98. The van der Waals surface area contributed by atoms with Crippen LogP contribution in [0.25, 0.3) is 0 Å². The number of phenols is 1. The molecule has 2 aromatic carbocycles. The van der Waals surface area contributed by atoms with E-state index < -0.39 is 12.2 Å². The van der Waals surface area contributed by atoms with Gasteiger partial charge in [0.1, 0.15) is 18.0 Å². The summed E-state index contributed by atoms with van der Waals surface area (Å²) >= 11 is 0. The van der Waals surface area contributed by atoms with Crippen LogP contribution in [0, 0.1) is 12.8 Å². The number of hydrogen-bond donors (Lipinski definition) is 2. The maximum atomic E-state index is 14.0. The highest BCUT2D eigenvalue weighted by atomic mass is 16.3. The smallest absolute Gasteiger partial charge is 0.332 e. The first-order chi connectivity index (χ1) is 20.2. The molecule has 222 valence electrons. The minimum atomic E-state index is -0.720. The molecule has 2 N–H and O–H groups in total. The summed E-state index contributed by atoms with van der Waals surface area (Å²) in [6, 6.07) is 13.9. The molecular formula is C33H41N5O4. The van der Waals surface area contributed by atoms with E-state index in [1.807, 2.05) is 48.0 Å². The highest BCUT2D eigenvalue weighted by Crippen LogP contribution is 2.31. The van der Waals surface area contributed by atoms with E-state index in [-0.39, 0.29) is 30.1 Å². The van der Waals surface area contributed by atoms with E-state index in [4.69, 9.17) is 0 Å². The number of aromatic hydroxyl groups is 1. The molecule has 2 fully saturated rings. The van der Waals surface area contributed by atoms with E-state index in [0.29, 0.717) is 38.5 Å². The lowest BCUT2D eigenvalue weighted by atomic mass is 9.93. The minimum Gasteiger partial charge on any atom is -0.508 e. The molecule has 0 spiro atoms. The van der Waals surface area contributed by atoms with Crippen molar-refractivity contribution in [2.45, 2.75) is 58.8 Å². The number of nitrogens with one attached hydrogen (secondary N) is 1. The van der Waals surface area contributed by atoms with Crippen molar-refractivity contribution in [3.63, 3.8) is 0 Å². The number of carbonyl (C=O) groups is 3. The number of urea groups is 1. The molecule has 1 unspecified atom stereocenters. The van der Waals surface area contributed by atoms with E-state index >= 15 is 0 Å². The highest BCUT2D eigenvalue weighted by Gasteiger charge is 2.52. The summed E-state index contributed by atoms with van der Waals surface area (Å²) in [6.07, 6.45) is 7.72. The van der Waals surface area contributed by atoms with Crippen LogP contribution in [0.15, 0.2) is 72.3 Å². The van der Waals surface area contributed by atoms with Crippen LogP contribution in [0.3, 0.4) is 0 Å². The van der Waals surface area contributed by atoms with E-state index in [9.17, 15) is 19.5 Å². The molecule has 5 rings (SSSR count). The lowest BCUT2D eigenvalue weighted by Crippen LogP contribution is -2.66. The van der Waals surface area contributed by atoms with Gasteiger partial charge in [0.25, 0.3) is 0 Å². The number of fused-ring (bicyclic) bond motifs is 1. The number of phenolic OH excluding ortho intramolecular Hbond substituents is 1. The van der Waals surface area contributed by atoms with Crippen molar-refractivity contribution in [2.75, 3.05) is 26.2 Å². The summed E-state index contributed by atoms with van der Waals surface area (Å²) in [4.78, 5) is 44.7. The third-order valence-electron chi connectivity index (χ3n) is 8.38. The molecule has 0 saturated carbocycles. The second kappa shape index (κ2) is 12.8. The Morgan fingerprint density at radius 3 is 2.62 bits per heavy atom. The lowest BCUT2D eigenvalue weighted by Gasteiger charge is -2.46. The molecule has 3 aliphatic rings. The molecule has 9 heteroatoms. The van der Waals surface area contributed by atoms with Gasteiger partial charge in [-0.3, -0.25) is 14.6 Å². The van der Waals surface area contributed by atoms with Crippen molar-refractivity contribution in [2.24, 2.45) is 5.92 Å². The number of hydrazine groups is 1. The first kappa shape index (κ1) is 29.4. The Balaban J connectivity index is 1.42. The van der Waals surface area contributed by atoms with Gasteiger partial charge in [0, 0.05) is 26.1 Å². The van der Waals surface area contributed by atoms with Gasteiger partial charge in [0.2, 0.25) is 11.8 Å². The number of allylic oxidation sites excluding steroid dienone is 3. The molecule has 9 nitrogen and oxygen atoms in total. The molecule has 3 atom stereocenters. The number of amides is 4. The Hall–Kier alpha value is -4.11. The van der Waals surface area contributed by atoms with Gasteiger partial charge in [-0.05, 0) is 54.5 Å². The summed E-state index contributed by atoms with van der Waals surface area (Å²) in [6.45, 7) is 7.82. The maximum absolute atomic E-state index is 14.0. The fourth-order valence-corrected chi connectivity index (χ4v) is 6.13. The second-order valence-electron chi connectivity index (χ2n) is 11.6. The van der Waals surface area contributed by atoms with Crippen molar-refractivity contribution in [1.82, 2.24) is 25.1 Å². The van der Waals surface area contributed by atoms with Crippen LogP contribution >= 0.6 is 0 Å². The van der Waals surface area contributed by atoms with E-state index in [2.05, 4.69) is 30.5 Å². The van der Waals surface area contributed by atoms with Gasteiger partial charge in [-0.15, -0.1) is 0 Å². The van der Waals surface area contributed by atoms with Crippen LogP contribution in [-0.2, 0) is 22.6 Å². The summed E-state index contributed by atoms with van der Waals surface area (Å²) in [5.74, 6) is 0.217. The van der Waals surface area contributed by atoms with Crippen LogP contribution < -0.4 is 5.32 Å². The summed E-state index contributed by atoms with van der Waals surface area (Å²) in [5.41, 5.74) is 4.15. The molecule has 0 bridgehead atoms. The third kappa shape index (κ3) is 6.36. The predicted molar refractivity (Wildman–Crippen MR) is 161 cm³/mol. The van der Waals surface area contributed by atoms with Crippen LogP contribution in [0.5, 0.6) is 5.75 Å². The molecule has 2 heterocycles. The Bertz CT molecular complexity index is 1370. The molecule has 1 aliphatic carbocycles. The first-order valence-corrected chi connectivity index (χ1v) is 14.9. The number of hydrogen-bond acceptors (Lipinski definition) is 5. The Morgan fingerprint density at radius 1 is 1.12 bits per heavy atom. The second-order valence-corrected chi connectivity index (χ2v) is 11.6. The number of aryl methyl sites for hydroxylation is 1. The number of nitrogens with zero attached hydrogens (tertiary/aromatic N) is 4. The molecular weight excluding hydrogens is 530 g/mol. The minimum absolute atomic E-state index is 0.0254. The number of rotatable bonds is 9. The van der Waals surface area contributed by atoms with Gasteiger partial charge >= 0.3 is 6.03 Å². The molecule has 4 amide bonds. The first-order valence-electron chi connectivity index (χ1n) is 14.9. The lowest BCUT2D eigenvalue weighted by molar-refractivity contribution is -0.157. The highest BCUT2D eigenvalue weighted by molar-refractivity contribution is 5.91. The van der Waals surface area contributed by atoms with Gasteiger partial charge in [0.15, 0.2) is 0 Å². The number of benzene rings is 2. The van der Waals surface area contributed by atoms with Gasteiger partial charge in [-0.1, -0.05) is 74.0 Å². The van der Waals surface area contributed by atoms with Gasteiger partial charge in [0.05, 0.1) is 13.1 Å². The molecule has 2 saturated heterocycles. The van der Waals surface area contributed by atoms with Crippen molar-refractivity contribution >= 4 is 17.8 Å². The molecule has 2 aromatic rings. The molecule has 0 radical (unpaired) electrons. The van der Waals surface area contributed by atoms with E-state index in [1.54, 1.807) is 34.2 Å². The number of carbonyl (C=O) groups excluding carboxylic acids is 3. The normalized spacial score (nSPS) is 22.3. The largest absolute Gasteiger partial charge is 0.508 e. The Morgan fingerprint density at radius 2 is 1.90 bits per heavy atom. The zero-order chi connectivity index (χ0) is 29.8. The van der Waals surface area contributed by atoms with Crippen molar-refractivity contribution in [1.29, 1.82) is 0 Å². The standard InChI is InChI=1S/C33H41N5O4/c1-4-16-36(33(42)34-19-27-11-6-5-9-24(27)3)37-22-31(40)38-29(18-25-12-14-28(39)15-13-25)32(41)35(21-30(37)38)20-26-10-7-8-23(2)17-26/h5-8,10-15,17,24,29-30,39H,4,9,16,18-22H2,1-3H3,(H,34,42)/t24?,29-,30+/m0/s1. The van der Waals surface area contributed by atoms with Gasteiger partial charge in [-0.25, -0.2) is 4.79 Å². The van der Waals surface area contributed by atoms with Crippen molar-refractivity contribution in [3.05, 3.63) is 89.0 Å². The van der Waals surface area contributed by atoms with Crippen LogP contribution in [0.1, 0.15) is 43.4 Å². The van der Waals surface area contributed by atoms with E-state index in [1.165, 1.54) is 5.57 Å². The molecule has 2 aliphatic heterocycles. The summed E-state index contributed by atoms with van der Waals surface area (Å²) < 4.78 is 0. The monoisotopic (exact) mass is 571 g/mol. The summed E-state index contributed by atoms with van der Waals surface area (Å²) in [7, 11) is 0. The van der Waals surface area contributed by atoms with Crippen LogP contribution in [-0.4, -0.2) is 81.2 Å². The quantitative estimate of drug-likeness (QED) is 0.475. The maximum Gasteiger partial charge on any atom is 0.332 e. The topological polar surface area (TPSA) is 96.4 Å². The van der Waals surface area contributed by atoms with Crippen molar-refractivity contribution in [3.8, 4) is 5.75 Å². The van der Waals surface area contributed by atoms with Gasteiger partial charge < -0.3 is 20.2 Å². The average Bonchev–Trinajstić information content (AvgIpc) is 3.29. The Labute approximate surface area is 248 Å². The third-order valence-corrected chi connectivity index (χ3v) is 8.38. The molecule has 42 heavy (non-hydrogen) atoms. The SMILES string of the molecule is CCCN(C(=O)NCC1=CC=CCC1C)N1CC(=O)N2[C@@H](Cc3ccc(O)cc3)C(=O)N(Cc3cccc(C)c3)C[C@@H]21. The van der Waals surface area contributed by atoms with Crippen LogP contribution in [0.4, 0.5) is 4.79 Å². The van der Waals surface area contributed by atoms with Crippen molar-refractivity contribution < 1.29 is 19.5 Å². The van der Waals surface area contributed by atoms with Gasteiger partial charge in [-0.2, -0.15) is 5.01 Å². The Kier molecular flexibility index (Phi) is 8.97. The van der Waals surface area contributed by atoms with E-state index in [0.717, 1.165) is 29.5 Å².